The third kappa shape index (κ3) is 4.54. The lowest BCUT2D eigenvalue weighted by molar-refractivity contribution is 0.436. The van der Waals surface area contributed by atoms with Crippen LogP contribution in [0.15, 0.2) is 194 Å². The van der Waals surface area contributed by atoms with E-state index in [9.17, 15) is 0 Å². The van der Waals surface area contributed by atoms with Crippen LogP contribution in [-0.4, -0.2) is 19.5 Å². The van der Waals surface area contributed by atoms with Gasteiger partial charge < -0.3 is 9.30 Å². The molecule has 57 heavy (non-hydrogen) atoms. The molecule has 0 bridgehead atoms. The molecule has 0 unspecified atom stereocenters. The summed E-state index contributed by atoms with van der Waals surface area (Å²) < 4.78 is 8.96. The van der Waals surface area contributed by atoms with E-state index in [1.807, 2.05) is 30.3 Å². The van der Waals surface area contributed by atoms with Gasteiger partial charge in [0.1, 0.15) is 11.5 Å². The van der Waals surface area contributed by atoms with Gasteiger partial charge in [0.15, 0.2) is 17.5 Å². The van der Waals surface area contributed by atoms with Gasteiger partial charge in [0.2, 0.25) is 0 Å². The minimum atomic E-state index is -0.669. The molecular weight excluding hydrogens is 697 g/mol. The van der Waals surface area contributed by atoms with E-state index < -0.39 is 5.41 Å². The molecule has 0 radical (unpaired) electrons. The smallest absolute Gasteiger partial charge is 0.164 e. The van der Waals surface area contributed by atoms with Gasteiger partial charge in [-0.15, -0.1) is 0 Å². The van der Waals surface area contributed by atoms with Gasteiger partial charge in [0.25, 0.3) is 0 Å². The Bertz CT molecular complexity index is 3120. The topological polar surface area (TPSA) is 52.8 Å². The molecule has 1 aliphatic heterocycles. The van der Waals surface area contributed by atoms with Crippen LogP contribution in [0.4, 0.5) is 0 Å². The standard InChI is InChI=1S/C52H32N4O/c1-2-15-33(16-3-1)49-53-50(34-29-31-35(32-30-34)56-44-25-10-5-18-37(44)38-19-6-11-26-45(38)56)55-51(54-49)40-21-14-20-39-36-17-4-7-22-41(36)52(48(39)40)42-23-8-12-27-46(42)57-47-28-13-9-24-43(47)52/h1-32H. The molecule has 8 aromatic carbocycles. The number of fused-ring (bicyclic) bond motifs is 12. The summed E-state index contributed by atoms with van der Waals surface area (Å²) in [5.74, 6) is 3.55. The molecule has 3 heterocycles. The van der Waals surface area contributed by atoms with Crippen LogP contribution >= 0.6 is 0 Å². The molecule has 266 valence electrons. The number of rotatable bonds is 4. The number of hydrogen-bond acceptors (Lipinski definition) is 4. The predicted octanol–water partition coefficient (Wildman–Crippen LogP) is 12.4. The van der Waals surface area contributed by atoms with Crippen LogP contribution < -0.4 is 4.74 Å². The van der Waals surface area contributed by atoms with Gasteiger partial charge in [-0.05, 0) is 70.8 Å². The number of ether oxygens (including phenoxy) is 1. The van der Waals surface area contributed by atoms with E-state index >= 15 is 0 Å². The second-order valence-corrected chi connectivity index (χ2v) is 14.7. The number of para-hydroxylation sites is 4. The zero-order valence-corrected chi connectivity index (χ0v) is 30.7. The molecular formula is C52H32N4O. The normalized spacial score (nSPS) is 13.2. The zero-order chi connectivity index (χ0) is 37.5. The number of hydrogen-bond donors (Lipinski definition) is 0. The van der Waals surface area contributed by atoms with Crippen molar-refractivity contribution >= 4 is 21.8 Å². The van der Waals surface area contributed by atoms with E-state index in [0.717, 1.165) is 56.1 Å². The highest BCUT2D eigenvalue weighted by atomic mass is 16.5. The highest BCUT2D eigenvalue weighted by Crippen LogP contribution is 2.63. The number of benzene rings is 8. The van der Waals surface area contributed by atoms with Gasteiger partial charge in [-0.2, -0.15) is 0 Å². The second kappa shape index (κ2) is 12.2. The summed E-state index contributed by atoms with van der Waals surface area (Å²) in [5, 5.41) is 2.47. The van der Waals surface area contributed by atoms with Crippen molar-refractivity contribution in [3.63, 3.8) is 0 Å². The van der Waals surface area contributed by atoms with Crippen LogP contribution in [0.5, 0.6) is 11.5 Å². The maximum Gasteiger partial charge on any atom is 0.164 e. The Morgan fingerprint density at radius 1 is 0.368 bits per heavy atom. The molecule has 10 aromatic rings. The molecule has 2 aliphatic rings. The third-order valence-electron chi connectivity index (χ3n) is 11.7. The van der Waals surface area contributed by atoms with Crippen molar-refractivity contribution in [3.05, 3.63) is 216 Å². The first-order valence-electron chi connectivity index (χ1n) is 19.3. The summed E-state index contributed by atoms with van der Waals surface area (Å²) in [4.78, 5) is 15.8. The van der Waals surface area contributed by atoms with Crippen molar-refractivity contribution in [2.24, 2.45) is 0 Å². The number of aromatic nitrogens is 4. The van der Waals surface area contributed by atoms with Gasteiger partial charge in [-0.3, -0.25) is 0 Å². The van der Waals surface area contributed by atoms with E-state index in [0.29, 0.717) is 17.5 Å². The van der Waals surface area contributed by atoms with Crippen molar-refractivity contribution in [2.45, 2.75) is 5.41 Å². The van der Waals surface area contributed by atoms with E-state index in [2.05, 4.69) is 168 Å². The van der Waals surface area contributed by atoms with Crippen LogP contribution in [0.3, 0.4) is 0 Å². The van der Waals surface area contributed by atoms with Gasteiger partial charge in [-0.1, -0.05) is 146 Å². The van der Waals surface area contributed by atoms with Crippen LogP contribution in [0.1, 0.15) is 22.3 Å². The Morgan fingerprint density at radius 2 is 0.860 bits per heavy atom. The minimum absolute atomic E-state index is 0.613. The monoisotopic (exact) mass is 728 g/mol. The first-order chi connectivity index (χ1) is 28.3. The van der Waals surface area contributed by atoms with E-state index in [-0.39, 0.29) is 0 Å². The van der Waals surface area contributed by atoms with Crippen LogP contribution in [0, 0.1) is 0 Å². The van der Waals surface area contributed by atoms with Crippen LogP contribution in [0.25, 0.3) is 72.8 Å². The molecule has 5 nitrogen and oxygen atoms in total. The average molecular weight is 729 g/mol. The summed E-state index contributed by atoms with van der Waals surface area (Å²) in [7, 11) is 0. The summed E-state index contributed by atoms with van der Waals surface area (Å²) in [6.07, 6.45) is 0. The number of nitrogens with zero attached hydrogens (tertiary/aromatic N) is 4. The molecule has 2 aromatic heterocycles. The summed E-state index contributed by atoms with van der Waals surface area (Å²) >= 11 is 0. The quantitative estimate of drug-likeness (QED) is 0.181. The van der Waals surface area contributed by atoms with Crippen molar-refractivity contribution < 1.29 is 4.74 Å². The maximum absolute atomic E-state index is 6.63. The Labute approximate surface area is 329 Å². The molecule has 0 N–H and O–H groups in total. The maximum atomic E-state index is 6.63. The highest BCUT2D eigenvalue weighted by Gasteiger charge is 2.52. The lowest BCUT2D eigenvalue weighted by Gasteiger charge is -2.40. The first-order valence-corrected chi connectivity index (χ1v) is 19.3. The summed E-state index contributed by atoms with van der Waals surface area (Å²) in [6.45, 7) is 0. The van der Waals surface area contributed by atoms with Gasteiger partial charge in [0, 0.05) is 44.3 Å². The average Bonchev–Trinajstić information content (AvgIpc) is 3.78. The Morgan fingerprint density at radius 3 is 1.53 bits per heavy atom. The molecule has 0 amide bonds. The highest BCUT2D eigenvalue weighted by molar-refractivity contribution is 6.09. The van der Waals surface area contributed by atoms with Gasteiger partial charge >= 0.3 is 0 Å². The molecule has 0 fully saturated rings. The Hall–Kier alpha value is -7.63. The summed E-state index contributed by atoms with van der Waals surface area (Å²) in [6, 6.07) is 68.2. The molecule has 1 aliphatic carbocycles. The third-order valence-corrected chi connectivity index (χ3v) is 11.7. The van der Waals surface area contributed by atoms with Crippen molar-refractivity contribution in [1.82, 2.24) is 19.5 Å². The molecule has 0 saturated carbocycles. The van der Waals surface area contributed by atoms with E-state index in [4.69, 9.17) is 19.7 Å². The predicted molar refractivity (Wildman–Crippen MR) is 228 cm³/mol. The van der Waals surface area contributed by atoms with E-state index in [1.165, 1.54) is 32.9 Å². The van der Waals surface area contributed by atoms with Crippen LogP contribution in [0.2, 0.25) is 0 Å². The molecule has 0 atom stereocenters. The SMILES string of the molecule is c1ccc(-c2nc(-c3ccc(-n4c5ccccc5c5ccccc54)cc3)nc(-c3cccc4c3C3(c5ccccc5Oc5ccccc53)c3ccccc3-4)n2)cc1. The molecule has 12 rings (SSSR count). The fourth-order valence-electron chi connectivity index (χ4n) is 9.40. The van der Waals surface area contributed by atoms with Crippen molar-refractivity contribution in [3.8, 4) is 62.5 Å². The van der Waals surface area contributed by atoms with Crippen molar-refractivity contribution in [2.75, 3.05) is 0 Å². The lowest BCUT2D eigenvalue weighted by Crippen LogP contribution is -2.32. The van der Waals surface area contributed by atoms with E-state index in [1.54, 1.807) is 0 Å². The summed E-state index contributed by atoms with van der Waals surface area (Å²) in [5.41, 5.74) is 12.5. The second-order valence-electron chi connectivity index (χ2n) is 14.7. The largest absolute Gasteiger partial charge is 0.457 e. The Kier molecular flexibility index (Phi) is 6.78. The lowest BCUT2D eigenvalue weighted by atomic mass is 9.65. The fraction of sp³-hybridized carbons (Fsp3) is 0.0192. The molecule has 5 heteroatoms. The van der Waals surface area contributed by atoms with Gasteiger partial charge in [-0.25, -0.2) is 15.0 Å². The van der Waals surface area contributed by atoms with Gasteiger partial charge in [0.05, 0.1) is 16.4 Å². The fourth-order valence-corrected chi connectivity index (χ4v) is 9.40. The van der Waals surface area contributed by atoms with Crippen LogP contribution in [-0.2, 0) is 5.41 Å². The molecule has 1 spiro atoms. The zero-order valence-electron chi connectivity index (χ0n) is 30.7. The minimum Gasteiger partial charge on any atom is -0.457 e. The first kappa shape index (κ1) is 31.7. The Balaban J connectivity index is 1.09. The van der Waals surface area contributed by atoms with Crippen molar-refractivity contribution in [1.29, 1.82) is 0 Å². The molecule has 0 saturated heterocycles.